The summed E-state index contributed by atoms with van der Waals surface area (Å²) in [5.41, 5.74) is 8.41. The molecule has 15 heavy (non-hydrogen) atoms. The Hall–Kier alpha value is -0.870. The fourth-order valence-electron chi connectivity index (χ4n) is 1.74. The summed E-state index contributed by atoms with van der Waals surface area (Å²) < 4.78 is 6.85. The molecule has 4 nitrogen and oxygen atoms in total. The van der Waals surface area contributed by atoms with Gasteiger partial charge in [-0.15, -0.1) is 0 Å². The summed E-state index contributed by atoms with van der Waals surface area (Å²) >= 11 is 0. The molecule has 0 radical (unpaired) electrons. The van der Waals surface area contributed by atoms with Crippen LogP contribution in [0.15, 0.2) is 6.20 Å². The molecule has 1 unspecified atom stereocenters. The van der Waals surface area contributed by atoms with E-state index in [4.69, 9.17) is 10.5 Å². The van der Waals surface area contributed by atoms with Gasteiger partial charge in [-0.25, -0.2) is 0 Å². The van der Waals surface area contributed by atoms with E-state index < -0.39 is 0 Å². The minimum atomic E-state index is 0.0869. The Labute approximate surface area is 91.4 Å². The van der Waals surface area contributed by atoms with Gasteiger partial charge in [0.1, 0.15) is 0 Å². The van der Waals surface area contributed by atoms with Crippen LogP contribution in [-0.4, -0.2) is 23.5 Å². The summed E-state index contributed by atoms with van der Waals surface area (Å²) in [7, 11) is 3.65. The van der Waals surface area contributed by atoms with Crippen LogP contribution in [0.1, 0.15) is 37.1 Å². The Morgan fingerprint density at radius 3 is 2.93 bits per heavy atom. The predicted molar refractivity (Wildman–Crippen MR) is 60.6 cm³/mol. The molecule has 4 heteroatoms. The largest absolute Gasteiger partial charge is 0.385 e. The highest BCUT2D eigenvalue weighted by molar-refractivity contribution is 5.20. The molecular weight excluding hydrogens is 190 g/mol. The summed E-state index contributed by atoms with van der Waals surface area (Å²) in [6.45, 7) is 2.88. The van der Waals surface area contributed by atoms with Crippen molar-refractivity contribution in [2.24, 2.45) is 12.8 Å². The molecule has 0 bridgehead atoms. The maximum atomic E-state index is 6.12. The molecule has 0 fully saturated rings. The van der Waals surface area contributed by atoms with Gasteiger partial charge in [0.15, 0.2) is 0 Å². The first-order valence-electron chi connectivity index (χ1n) is 5.46. The summed E-state index contributed by atoms with van der Waals surface area (Å²) in [5, 5.41) is 4.38. The van der Waals surface area contributed by atoms with Crippen LogP contribution in [0.4, 0.5) is 0 Å². The van der Waals surface area contributed by atoms with E-state index in [2.05, 4.69) is 12.0 Å². The van der Waals surface area contributed by atoms with Gasteiger partial charge in [-0.05, 0) is 19.3 Å². The van der Waals surface area contributed by atoms with E-state index in [0.717, 1.165) is 31.6 Å². The molecule has 1 aromatic rings. The quantitative estimate of drug-likeness (QED) is 0.724. The smallest absolute Gasteiger partial charge is 0.0669 e. The van der Waals surface area contributed by atoms with Gasteiger partial charge in [0, 0.05) is 38.6 Å². The minimum Gasteiger partial charge on any atom is -0.385 e. The third-order valence-corrected chi connectivity index (χ3v) is 2.54. The Morgan fingerprint density at radius 2 is 2.33 bits per heavy atom. The lowest BCUT2D eigenvalue weighted by molar-refractivity contribution is 0.190. The van der Waals surface area contributed by atoms with E-state index in [9.17, 15) is 0 Å². The van der Waals surface area contributed by atoms with Crippen molar-refractivity contribution in [3.05, 3.63) is 17.5 Å². The van der Waals surface area contributed by atoms with Crippen molar-refractivity contribution >= 4 is 0 Å². The predicted octanol–water partition coefficient (Wildman–Crippen LogP) is 1.41. The van der Waals surface area contributed by atoms with Crippen molar-refractivity contribution in [2.75, 3.05) is 13.7 Å². The maximum absolute atomic E-state index is 6.12. The van der Waals surface area contributed by atoms with E-state index in [1.807, 2.05) is 17.9 Å². The highest BCUT2D eigenvalue weighted by Crippen LogP contribution is 2.19. The molecule has 1 rings (SSSR count). The van der Waals surface area contributed by atoms with Crippen LogP contribution in [-0.2, 0) is 18.2 Å². The zero-order chi connectivity index (χ0) is 11.3. The molecule has 0 aliphatic heterocycles. The molecule has 1 aromatic heterocycles. The molecule has 1 heterocycles. The van der Waals surface area contributed by atoms with Crippen LogP contribution in [0.3, 0.4) is 0 Å². The molecule has 0 aliphatic carbocycles. The van der Waals surface area contributed by atoms with E-state index in [1.165, 1.54) is 5.56 Å². The molecule has 86 valence electrons. The van der Waals surface area contributed by atoms with Gasteiger partial charge in [0.05, 0.1) is 5.69 Å². The Morgan fingerprint density at radius 1 is 1.60 bits per heavy atom. The molecule has 0 aliphatic rings. The van der Waals surface area contributed by atoms with Gasteiger partial charge in [-0.1, -0.05) is 6.92 Å². The first-order chi connectivity index (χ1) is 7.19. The average Bonchev–Trinajstić information content (AvgIpc) is 2.60. The average molecular weight is 211 g/mol. The molecule has 0 saturated heterocycles. The van der Waals surface area contributed by atoms with Gasteiger partial charge in [0.25, 0.3) is 0 Å². The number of hydrogen-bond donors (Lipinski definition) is 1. The molecule has 1 atom stereocenters. The molecule has 2 N–H and O–H groups in total. The van der Waals surface area contributed by atoms with Crippen LogP contribution in [0.25, 0.3) is 0 Å². The van der Waals surface area contributed by atoms with Crippen molar-refractivity contribution in [3.8, 4) is 0 Å². The third-order valence-electron chi connectivity index (χ3n) is 2.54. The Balaban J connectivity index is 2.59. The monoisotopic (exact) mass is 211 g/mol. The summed E-state index contributed by atoms with van der Waals surface area (Å²) in [5.74, 6) is 0. The van der Waals surface area contributed by atoms with E-state index >= 15 is 0 Å². The number of hydrogen-bond acceptors (Lipinski definition) is 3. The molecule has 0 amide bonds. The van der Waals surface area contributed by atoms with Crippen molar-refractivity contribution in [1.82, 2.24) is 9.78 Å². The molecule has 0 aromatic carbocycles. The van der Waals surface area contributed by atoms with Gasteiger partial charge in [-0.3, -0.25) is 4.68 Å². The second kappa shape index (κ2) is 5.88. The normalized spacial score (nSPS) is 13.1. The Kier molecular flexibility index (Phi) is 4.78. The van der Waals surface area contributed by atoms with Crippen molar-refractivity contribution in [2.45, 2.75) is 32.2 Å². The maximum Gasteiger partial charge on any atom is 0.0669 e. The van der Waals surface area contributed by atoms with Crippen LogP contribution in [0.5, 0.6) is 0 Å². The van der Waals surface area contributed by atoms with Gasteiger partial charge in [-0.2, -0.15) is 5.10 Å². The number of ether oxygens (including phenoxy) is 1. The van der Waals surface area contributed by atoms with E-state index in [1.54, 1.807) is 7.11 Å². The standard InChI is InChI=1S/C11H21N3O/c1-4-11-9(8-14(2)13-11)10(12)6-5-7-15-3/h8,10H,4-7,12H2,1-3H3. The zero-order valence-electron chi connectivity index (χ0n) is 9.86. The number of aromatic nitrogens is 2. The molecular formula is C11H21N3O. The fraction of sp³-hybridized carbons (Fsp3) is 0.727. The zero-order valence-corrected chi connectivity index (χ0v) is 9.86. The minimum absolute atomic E-state index is 0.0869. The lowest BCUT2D eigenvalue weighted by Crippen LogP contribution is -2.12. The lowest BCUT2D eigenvalue weighted by Gasteiger charge is -2.10. The van der Waals surface area contributed by atoms with Crippen LogP contribution in [0, 0.1) is 0 Å². The van der Waals surface area contributed by atoms with Gasteiger partial charge in [0.2, 0.25) is 0 Å². The summed E-state index contributed by atoms with van der Waals surface area (Å²) in [4.78, 5) is 0. The Bertz CT molecular complexity index is 296. The van der Waals surface area contributed by atoms with Gasteiger partial charge < -0.3 is 10.5 Å². The SMILES string of the molecule is CCc1nn(C)cc1C(N)CCCOC. The number of methoxy groups -OCH3 is 1. The first kappa shape index (κ1) is 12.2. The van der Waals surface area contributed by atoms with Crippen molar-refractivity contribution < 1.29 is 4.74 Å². The molecule has 0 spiro atoms. The second-order valence-electron chi connectivity index (χ2n) is 3.80. The fourth-order valence-corrected chi connectivity index (χ4v) is 1.74. The number of rotatable bonds is 6. The number of nitrogens with two attached hydrogens (primary N) is 1. The molecule has 0 saturated carbocycles. The highest BCUT2D eigenvalue weighted by Gasteiger charge is 2.13. The van der Waals surface area contributed by atoms with Crippen LogP contribution in [0.2, 0.25) is 0 Å². The number of aryl methyl sites for hydroxylation is 2. The number of nitrogens with zero attached hydrogens (tertiary/aromatic N) is 2. The third kappa shape index (κ3) is 3.32. The summed E-state index contributed by atoms with van der Waals surface area (Å²) in [6, 6.07) is 0.0869. The van der Waals surface area contributed by atoms with Crippen molar-refractivity contribution in [1.29, 1.82) is 0 Å². The highest BCUT2D eigenvalue weighted by atomic mass is 16.5. The van der Waals surface area contributed by atoms with Crippen LogP contribution >= 0.6 is 0 Å². The van der Waals surface area contributed by atoms with E-state index in [0.29, 0.717) is 0 Å². The van der Waals surface area contributed by atoms with Crippen LogP contribution < -0.4 is 5.73 Å². The first-order valence-corrected chi connectivity index (χ1v) is 5.46. The summed E-state index contributed by atoms with van der Waals surface area (Å²) in [6.07, 6.45) is 4.91. The van der Waals surface area contributed by atoms with Crippen molar-refractivity contribution in [3.63, 3.8) is 0 Å². The topological polar surface area (TPSA) is 53.1 Å². The second-order valence-corrected chi connectivity index (χ2v) is 3.80. The lowest BCUT2D eigenvalue weighted by atomic mass is 10.0. The van der Waals surface area contributed by atoms with Gasteiger partial charge >= 0.3 is 0 Å². The van der Waals surface area contributed by atoms with E-state index in [-0.39, 0.29) is 6.04 Å².